The summed E-state index contributed by atoms with van der Waals surface area (Å²) in [5.41, 5.74) is 0. The predicted octanol–water partition coefficient (Wildman–Crippen LogP) is -0.0385. The molecule has 0 spiro atoms. The Morgan fingerprint density at radius 1 is 0.500 bits per heavy atom. The molecule has 0 saturated heterocycles. The summed E-state index contributed by atoms with van der Waals surface area (Å²) in [5, 5.41) is 0. The van der Waals surface area contributed by atoms with Crippen LogP contribution >= 0.6 is 0 Å². The van der Waals surface area contributed by atoms with E-state index in [-0.39, 0.29) is 74.6 Å². The quantitative estimate of drug-likeness (QED) is 0.425. The minimum atomic E-state index is 0. The third-order valence-electron chi connectivity index (χ3n) is 0. The van der Waals surface area contributed by atoms with E-state index < -0.39 is 0 Å². The zero-order valence-corrected chi connectivity index (χ0v) is 3.55. The van der Waals surface area contributed by atoms with Gasteiger partial charge in [0.1, 0.15) is 0 Å². The van der Waals surface area contributed by atoms with Crippen LogP contribution in [0.2, 0.25) is 0 Å². The number of hydrogen-bond acceptors (Lipinski definition) is 0. The minimum Gasteiger partial charge on any atom is 0 e. The Labute approximate surface area is 73.9 Å². The van der Waals surface area contributed by atoms with E-state index in [0.29, 0.717) is 0 Å². The van der Waals surface area contributed by atoms with Crippen LogP contribution in [0, 0.1) is 36.9 Å². The Morgan fingerprint density at radius 2 is 0.500 bits per heavy atom. The van der Waals surface area contributed by atoms with Crippen molar-refractivity contribution in [1.29, 1.82) is 0 Å². The maximum atomic E-state index is 0. The second-order valence-corrected chi connectivity index (χ2v) is 0. The van der Waals surface area contributed by atoms with E-state index in [4.69, 9.17) is 0 Å². The summed E-state index contributed by atoms with van der Waals surface area (Å²) < 4.78 is 0. The minimum absolute atomic E-state index is 0. The maximum Gasteiger partial charge on any atom is 0 e. The molecule has 0 rings (SSSR count). The molecule has 6 heavy (non-hydrogen) atoms. The summed E-state index contributed by atoms with van der Waals surface area (Å²) in [6.45, 7) is 0. The smallest absolute Gasteiger partial charge is 0 e. The van der Waals surface area contributed by atoms with Crippen molar-refractivity contribution in [3.63, 3.8) is 0 Å². The van der Waals surface area contributed by atoms with Gasteiger partial charge in [0.05, 0.1) is 0 Å². The average Bonchev–Trinajstić information content (AvgIpc) is 0. The van der Waals surface area contributed by atoms with Gasteiger partial charge in [-0.3, -0.25) is 18.8 Å². The van der Waals surface area contributed by atoms with E-state index in [2.05, 4.69) is 0 Å². The van der Waals surface area contributed by atoms with Gasteiger partial charge in [0, 0.05) is 36.9 Å². The first-order chi connectivity index (χ1) is 0. The Kier molecular flexibility index (Phi) is 1880. The fraction of sp³-hybridized carbons (Fsp3) is 0. The first-order valence-electron chi connectivity index (χ1n) is 0. The monoisotopic (exact) mass is 263 g/mol. The van der Waals surface area contributed by atoms with Crippen molar-refractivity contribution in [2.24, 2.45) is 0 Å². The molecule has 0 aromatic rings. The second-order valence-electron chi connectivity index (χ2n) is 0. The molecule has 0 heterocycles. The topological polar surface area (TPSA) is 0 Å². The number of hydrogen-bond donors (Lipinski definition) is 0. The van der Waals surface area contributed by atoms with E-state index >= 15 is 0 Å². The summed E-state index contributed by atoms with van der Waals surface area (Å²) in [7, 11) is 0. The van der Waals surface area contributed by atoms with Crippen molar-refractivity contribution >= 4 is 18.9 Å². The van der Waals surface area contributed by atoms with Crippen molar-refractivity contribution in [3.8, 4) is 0 Å². The molecule has 0 saturated carbocycles. The van der Waals surface area contributed by atoms with Gasteiger partial charge in [-0.25, -0.2) is 0 Å². The van der Waals surface area contributed by atoms with Crippen LogP contribution in [0.3, 0.4) is 0 Å². The van der Waals surface area contributed by atoms with Crippen LogP contribution in [0.25, 0.3) is 0 Å². The third kappa shape index (κ3) is 47.8. The number of rotatable bonds is 0. The van der Waals surface area contributed by atoms with Crippen molar-refractivity contribution < 1.29 is 55.7 Å². The van der Waals surface area contributed by atoms with Crippen molar-refractivity contribution in [3.05, 3.63) is 0 Å². The van der Waals surface area contributed by atoms with Gasteiger partial charge >= 0.3 is 18.9 Å². The Hall–Kier alpha value is 1.55. The molecule has 0 aliphatic carbocycles. The summed E-state index contributed by atoms with van der Waals surface area (Å²) in [6.07, 6.45) is 0. The van der Waals surface area contributed by atoms with Crippen LogP contribution in [-0.2, 0) is 0 Å². The predicted molar refractivity (Wildman–Crippen MR) is 17.2 cm³/mol. The molecule has 0 aromatic heterocycles. The van der Waals surface area contributed by atoms with Gasteiger partial charge in [-0.2, -0.15) is 0 Å². The molecular weight excluding hydrogens is 258 g/mol. The molecule has 6 heteroatoms. The van der Waals surface area contributed by atoms with Crippen LogP contribution in [-0.4, -0.2) is 18.9 Å². The summed E-state index contributed by atoms with van der Waals surface area (Å²) in [4.78, 5) is 0. The fourth-order valence-electron chi connectivity index (χ4n) is 0. The van der Waals surface area contributed by atoms with E-state index in [1.54, 1.807) is 0 Å². The van der Waals surface area contributed by atoms with Gasteiger partial charge in [-0.15, -0.1) is 0 Å². The first-order valence-corrected chi connectivity index (χ1v) is 0. The molecular formula is H5F4LiLu. The molecule has 0 bridgehead atoms. The van der Waals surface area contributed by atoms with Gasteiger partial charge in [-0.05, 0) is 0 Å². The first kappa shape index (κ1) is 135. The van der Waals surface area contributed by atoms with Crippen molar-refractivity contribution in [1.82, 2.24) is 0 Å². The molecule has 1 radical (unpaired) electrons. The Bertz CT molecular complexity index is 7.51. The molecule has 0 nitrogen and oxygen atoms in total. The van der Waals surface area contributed by atoms with Crippen LogP contribution in [0.15, 0.2) is 0 Å². The van der Waals surface area contributed by atoms with Crippen molar-refractivity contribution in [2.45, 2.75) is 0 Å². The van der Waals surface area contributed by atoms with Gasteiger partial charge in [0.25, 0.3) is 0 Å². The molecule has 0 aromatic carbocycles. The normalized spacial score (nSPS) is 0. The molecule has 0 amide bonds. The summed E-state index contributed by atoms with van der Waals surface area (Å²) in [5.74, 6) is 0. The Morgan fingerprint density at radius 3 is 0.500 bits per heavy atom. The third-order valence-corrected chi connectivity index (χ3v) is 0. The van der Waals surface area contributed by atoms with Gasteiger partial charge in [0.15, 0.2) is 0 Å². The SMILES string of the molecule is F.F.F.F.[LiH].[Lu]. The second kappa shape index (κ2) is 83.9. The van der Waals surface area contributed by atoms with Crippen molar-refractivity contribution in [2.75, 3.05) is 0 Å². The zero-order chi connectivity index (χ0) is 0. The molecule has 0 aliphatic rings. The standard InChI is InChI=1S/4FH.Li.Lu.H/h4*1H;;;. The van der Waals surface area contributed by atoms with Crippen LogP contribution in [0.4, 0.5) is 18.8 Å². The van der Waals surface area contributed by atoms with Gasteiger partial charge in [0.2, 0.25) is 0 Å². The zero-order valence-electron chi connectivity index (χ0n) is 1.89. The molecule has 0 unspecified atom stereocenters. The van der Waals surface area contributed by atoms with E-state index in [1.807, 2.05) is 0 Å². The maximum absolute atomic E-state index is 0. The van der Waals surface area contributed by atoms with Gasteiger partial charge in [-0.1, -0.05) is 0 Å². The summed E-state index contributed by atoms with van der Waals surface area (Å²) in [6, 6.07) is 0. The van der Waals surface area contributed by atoms with E-state index in [9.17, 15) is 0 Å². The average molecular weight is 263 g/mol. The molecule has 0 atom stereocenters. The molecule has 49 valence electrons. The van der Waals surface area contributed by atoms with Gasteiger partial charge < -0.3 is 0 Å². The largest absolute Gasteiger partial charge is 0 e. The molecule has 0 aliphatic heterocycles. The van der Waals surface area contributed by atoms with Crippen LogP contribution < -0.4 is 0 Å². The fourth-order valence-corrected chi connectivity index (χ4v) is 0. The van der Waals surface area contributed by atoms with Crippen LogP contribution in [0.1, 0.15) is 0 Å². The Balaban J connectivity index is 0. The van der Waals surface area contributed by atoms with E-state index in [1.165, 1.54) is 0 Å². The molecule has 0 N–H and O–H groups in total. The number of halogens is 4. The summed E-state index contributed by atoms with van der Waals surface area (Å²) >= 11 is 0. The van der Waals surface area contributed by atoms with E-state index in [0.717, 1.165) is 0 Å². The molecule has 0 fully saturated rings. The van der Waals surface area contributed by atoms with Crippen LogP contribution in [0.5, 0.6) is 0 Å².